The molecule has 0 aliphatic carbocycles. The molecule has 0 amide bonds. The Kier molecular flexibility index (Phi) is 2.17. The Hall–Kier alpha value is -0.940. The van der Waals surface area contributed by atoms with Crippen LogP contribution in [0, 0.1) is 4.91 Å². The van der Waals surface area contributed by atoms with E-state index in [1.807, 2.05) is 27.7 Å². The third-order valence-corrected chi connectivity index (χ3v) is 2.19. The molecule has 13 heavy (non-hydrogen) atoms. The Morgan fingerprint density at radius 1 is 1.46 bits per heavy atom. The molecular formula is C8H15N3O2. The van der Waals surface area contributed by atoms with Gasteiger partial charge in [0.25, 0.3) is 0 Å². The molecule has 0 spiro atoms. The van der Waals surface area contributed by atoms with E-state index in [0.29, 0.717) is 5.70 Å². The zero-order valence-corrected chi connectivity index (χ0v) is 8.33. The molecule has 74 valence electrons. The van der Waals surface area contributed by atoms with Gasteiger partial charge < -0.3 is 0 Å². The van der Waals surface area contributed by atoms with Crippen LogP contribution in [0.1, 0.15) is 27.7 Å². The highest BCUT2D eigenvalue weighted by Crippen LogP contribution is 2.33. The largest absolute Gasteiger partial charge is 0.287 e. The average Bonchev–Trinajstić information content (AvgIpc) is 2.09. The van der Waals surface area contributed by atoms with Gasteiger partial charge in [0, 0.05) is 0 Å². The van der Waals surface area contributed by atoms with Gasteiger partial charge in [-0.15, -0.1) is 4.91 Å². The smallest absolute Gasteiger partial charge is 0.111 e. The molecule has 1 fully saturated rings. The predicted octanol–water partition coefficient (Wildman–Crippen LogP) is 1.40. The number of nitrogens with zero attached hydrogens (tertiary/aromatic N) is 2. The van der Waals surface area contributed by atoms with Gasteiger partial charge >= 0.3 is 0 Å². The molecule has 1 rings (SSSR count). The quantitative estimate of drug-likeness (QED) is 0.606. The van der Waals surface area contributed by atoms with E-state index in [4.69, 9.17) is 0 Å². The minimum absolute atomic E-state index is 0.438. The van der Waals surface area contributed by atoms with Crippen molar-refractivity contribution in [1.82, 2.24) is 10.4 Å². The highest BCUT2D eigenvalue weighted by Gasteiger charge is 2.46. The lowest BCUT2D eigenvalue weighted by Crippen LogP contribution is -2.47. The van der Waals surface area contributed by atoms with Crippen LogP contribution in [-0.4, -0.2) is 21.5 Å². The van der Waals surface area contributed by atoms with Gasteiger partial charge in [-0.25, -0.2) is 5.06 Å². The van der Waals surface area contributed by atoms with Gasteiger partial charge in [-0.05, 0) is 32.9 Å². The maximum Gasteiger partial charge on any atom is 0.111 e. The molecule has 0 aromatic heterocycles. The number of nitroso groups, excluding NO2 is 1. The fourth-order valence-corrected chi connectivity index (χ4v) is 1.71. The molecule has 5 nitrogen and oxygen atoms in total. The molecule has 2 N–H and O–H groups in total. The predicted molar refractivity (Wildman–Crippen MR) is 48.8 cm³/mol. The summed E-state index contributed by atoms with van der Waals surface area (Å²) in [5, 5.41) is 16.6. The molecule has 1 aliphatic rings. The first-order chi connectivity index (χ1) is 5.81. The van der Waals surface area contributed by atoms with Gasteiger partial charge in [-0.3, -0.25) is 10.5 Å². The minimum atomic E-state index is -0.569. The van der Waals surface area contributed by atoms with E-state index in [0.717, 1.165) is 11.3 Å². The van der Waals surface area contributed by atoms with Crippen LogP contribution in [0.4, 0.5) is 0 Å². The Balaban J connectivity index is 3.09. The van der Waals surface area contributed by atoms with Crippen LogP contribution in [0.15, 0.2) is 17.1 Å². The topological polar surface area (TPSA) is 64.9 Å². The van der Waals surface area contributed by atoms with Crippen molar-refractivity contribution in [2.45, 2.75) is 38.9 Å². The van der Waals surface area contributed by atoms with Crippen molar-refractivity contribution >= 4 is 0 Å². The molecule has 1 heterocycles. The minimum Gasteiger partial charge on any atom is -0.287 e. The molecule has 0 bridgehead atoms. The summed E-state index contributed by atoms with van der Waals surface area (Å²) in [5.41, 5.74) is -0.529. The number of nitrogens with one attached hydrogen (secondary N) is 1. The number of hydrogen-bond acceptors (Lipinski definition) is 5. The van der Waals surface area contributed by atoms with Crippen molar-refractivity contribution in [3.05, 3.63) is 16.8 Å². The second-order valence-electron chi connectivity index (χ2n) is 4.24. The molecule has 5 heteroatoms. The molecule has 1 saturated heterocycles. The lowest BCUT2D eigenvalue weighted by Gasteiger charge is -2.26. The summed E-state index contributed by atoms with van der Waals surface area (Å²) in [6, 6.07) is 0. The van der Waals surface area contributed by atoms with E-state index in [9.17, 15) is 10.1 Å². The monoisotopic (exact) mass is 185 g/mol. The van der Waals surface area contributed by atoms with E-state index < -0.39 is 11.2 Å². The summed E-state index contributed by atoms with van der Waals surface area (Å²) in [5.74, 6) is 0. The van der Waals surface area contributed by atoms with Crippen molar-refractivity contribution in [1.29, 1.82) is 0 Å². The van der Waals surface area contributed by atoms with Gasteiger partial charge in [0.15, 0.2) is 0 Å². The zero-order chi connectivity index (χ0) is 10.3. The molecule has 1 aliphatic heterocycles. The number of rotatable bonds is 1. The zero-order valence-electron chi connectivity index (χ0n) is 8.33. The SMILES string of the molecule is CC1(C)NC(C)(C)N(O)/C1=C/N=O. The highest BCUT2D eigenvalue weighted by atomic mass is 16.5. The third kappa shape index (κ3) is 1.57. The Bertz CT molecular complexity index is 258. The van der Waals surface area contributed by atoms with Gasteiger partial charge in [0.1, 0.15) is 5.66 Å². The summed E-state index contributed by atoms with van der Waals surface area (Å²) in [7, 11) is 0. The van der Waals surface area contributed by atoms with Gasteiger partial charge in [-0.1, -0.05) is 0 Å². The van der Waals surface area contributed by atoms with Crippen molar-refractivity contribution in [2.24, 2.45) is 5.18 Å². The summed E-state index contributed by atoms with van der Waals surface area (Å²) >= 11 is 0. The van der Waals surface area contributed by atoms with Crippen LogP contribution < -0.4 is 5.32 Å². The van der Waals surface area contributed by atoms with Crippen LogP contribution in [-0.2, 0) is 0 Å². The fraction of sp³-hybridized carbons (Fsp3) is 0.750. The first-order valence-corrected chi connectivity index (χ1v) is 4.13. The first-order valence-electron chi connectivity index (χ1n) is 4.13. The van der Waals surface area contributed by atoms with E-state index in [1.165, 1.54) is 0 Å². The van der Waals surface area contributed by atoms with E-state index in [2.05, 4.69) is 10.5 Å². The van der Waals surface area contributed by atoms with Crippen molar-refractivity contribution in [2.75, 3.05) is 0 Å². The molecule has 0 atom stereocenters. The summed E-state index contributed by atoms with van der Waals surface area (Å²) in [4.78, 5) is 10.1. The molecular weight excluding hydrogens is 170 g/mol. The van der Waals surface area contributed by atoms with Gasteiger partial charge in [0.05, 0.1) is 17.4 Å². The highest BCUT2D eigenvalue weighted by molar-refractivity contribution is 5.22. The molecule has 0 unspecified atom stereocenters. The van der Waals surface area contributed by atoms with E-state index >= 15 is 0 Å². The van der Waals surface area contributed by atoms with E-state index in [-0.39, 0.29) is 0 Å². The lowest BCUT2D eigenvalue weighted by atomic mass is 10.0. The van der Waals surface area contributed by atoms with E-state index in [1.54, 1.807) is 0 Å². The first kappa shape index (κ1) is 10.1. The maximum atomic E-state index is 10.1. The van der Waals surface area contributed by atoms with Crippen molar-refractivity contribution in [3.8, 4) is 0 Å². The van der Waals surface area contributed by atoms with Crippen LogP contribution >= 0.6 is 0 Å². The number of hydroxylamine groups is 2. The van der Waals surface area contributed by atoms with Crippen molar-refractivity contribution in [3.63, 3.8) is 0 Å². The van der Waals surface area contributed by atoms with Crippen LogP contribution in [0.3, 0.4) is 0 Å². The maximum absolute atomic E-state index is 10.1. The van der Waals surface area contributed by atoms with Crippen LogP contribution in [0.5, 0.6) is 0 Å². The molecule has 0 aromatic rings. The Morgan fingerprint density at radius 3 is 2.31 bits per heavy atom. The Morgan fingerprint density at radius 2 is 2.00 bits per heavy atom. The van der Waals surface area contributed by atoms with Crippen LogP contribution in [0.2, 0.25) is 0 Å². The van der Waals surface area contributed by atoms with Crippen molar-refractivity contribution < 1.29 is 5.21 Å². The molecule has 0 aromatic carbocycles. The van der Waals surface area contributed by atoms with Gasteiger partial charge in [-0.2, -0.15) is 0 Å². The lowest BCUT2D eigenvalue weighted by molar-refractivity contribution is -0.117. The van der Waals surface area contributed by atoms with Gasteiger partial charge in [0.2, 0.25) is 0 Å². The second-order valence-corrected chi connectivity index (χ2v) is 4.24. The summed E-state index contributed by atoms with van der Waals surface area (Å²) < 4.78 is 0. The summed E-state index contributed by atoms with van der Waals surface area (Å²) in [6.07, 6.45) is 1.13. The average molecular weight is 185 g/mol. The second kappa shape index (κ2) is 2.78. The normalized spacial score (nSPS) is 28.1. The summed E-state index contributed by atoms with van der Waals surface area (Å²) in [6.45, 7) is 7.39. The fourth-order valence-electron chi connectivity index (χ4n) is 1.71. The number of hydrogen-bond donors (Lipinski definition) is 2. The standard InChI is InChI=1S/C8H15N3O2/c1-7(2)6(5-9-12)11(13)8(3,4)10-7/h5,10,13H,1-4H3/b6-5+. The Labute approximate surface area is 77.4 Å². The molecule has 0 saturated carbocycles. The van der Waals surface area contributed by atoms with Crippen LogP contribution in [0.25, 0.3) is 0 Å². The molecule has 0 radical (unpaired) electrons. The third-order valence-electron chi connectivity index (χ3n) is 2.19.